The molecule has 70 valence electrons. The minimum Gasteiger partial charge on any atom is -0.395 e. The molecule has 5 nitrogen and oxygen atoms in total. The SMILES string of the molecule is CN(CCC#N)S(=O)(=O)CCO. The molecule has 0 amide bonds. The van der Waals surface area contributed by atoms with Gasteiger partial charge >= 0.3 is 0 Å². The van der Waals surface area contributed by atoms with E-state index in [0.29, 0.717) is 0 Å². The molecule has 0 fully saturated rings. The van der Waals surface area contributed by atoms with Crippen LogP contribution in [0.15, 0.2) is 0 Å². The van der Waals surface area contributed by atoms with Crippen LogP contribution >= 0.6 is 0 Å². The highest BCUT2D eigenvalue weighted by Gasteiger charge is 2.15. The van der Waals surface area contributed by atoms with Gasteiger partial charge in [0.05, 0.1) is 18.4 Å². The largest absolute Gasteiger partial charge is 0.395 e. The van der Waals surface area contributed by atoms with Crippen molar-refractivity contribution >= 4 is 10.0 Å². The lowest BCUT2D eigenvalue weighted by Gasteiger charge is -2.13. The summed E-state index contributed by atoms with van der Waals surface area (Å²) in [6.07, 6.45) is 0.168. The van der Waals surface area contributed by atoms with Gasteiger partial charge in [0.1, 0.15) is 0 Å². The molecule has 0 aliphatic rings. The summed E-state index contributed by atoms with van der Waals surface area (Å²) in [6.45, 7) is -0.210. The Labute approximate surface area is 72.3 Å². The molecule has 0 aromatic heterocycles. The molecule has 0 saturated carbocycles. The Morgan fingerprint density at radius 3 is 2.58 bits per heavy atom. The molecule has 0 aliphatic heterocycles. The van der Waals surface area contributed by atoms with Gasteiger partial charge in [-0.25, -0.2) is 12.7 Å². The summed E-state index contributed by atoms with van der Waals surface area (Å²) in [5, 5.41) is 16.6. The van der Waals surface area contributed by atoms with Crippen LogP contribution in [0.4, 0.5) is 0 Å². The van der Waals surface area contributed by atoms with Gasteiger partial charge in [0.25, 0.3) is 0 Å². The standard InChI is InChI=1S/C6H12N2O3S/c1-8(4-2-3-7)12(10,11)6-5-9/h9H,2,4-6H2,1H3. The zero-order valence-corrected chi connectivity index (χ0v) is 7.71. The number of sulfonamides is 1. The van der Waals surface area contributed by atoms with Crippen molar-refractivity contribution in [3.05, 3.63) is 0 Å². The van der Waals surface area contributed by atoms with Crippen LogP contribution in [0.2, 0.25) is 0 Å². The van der Waals surface area contributed by atoms with Gasteiger partial charge in [-0.3, -0.25) is 0 Å². The first-order chi connectivity index (χ1) is 5.54. The normalized spacial score (nSPS) is 11.5. The van der Waals surface area contributed by atoms with Crippen LogP contribution in [0.1, 0.15) is 6.42 Å². The molecule has 1 N–H and O–H groups in total. The summed E-state index contributed by atoms with van der Waals surface area (Å²) in [6, 6.07) is 1.84. The maximum atomic E-state index is 11.1. The number of nitriles is 1. The first-order valence-electron chi connectivity index (χ1n) is 3.46. The van der Waals surface area contributed by atoms with Crippen LogP contribution in [0.3, 0.4) is 0 Å². The van der Waals surface area contributed by atoms with E-state index in [1.165, 1.54) is 7.05 Å². The van der Waals surface area contributed by atoms with E-state index in [9.17, 15) is 8.42 Å². The molecule has 0 aliphatic carbocycles. The molecule has 0 radical (unpaired) electrons. The molecule has 0 atom stereocenters. The van der Waals surface area contributed by atoms with Gasteiger partial charge in [-0.2, -0.15) is 5.26 Å². The molecule has 0 bridgehead atoms. The third-order valence-corrected chi connectivity index (χ3v) is 3.19. The van der Waals surface area contributed by atoms with E-state index < -0.39 is 10.0 Å². The lowest BCUT2D eigenvalue weighted by molar-refractivity contribution is 0.316. The van der Waals surface area contributed by atoms with E-state index in [0.717, 1.165) is 4.31 Å². The van der Waals surface area contributed by atoms with Crippen molar-refractivity contribution in [2.75, 3.05) is 26.0 Å². The van der Waals surface area contributed by atoms with Crippen molar-refractivity contribution in [1.82, 2.24) is 4.31 Å². The third kappa shape index (κ3) is 3.67. The number of nitrogens with zero attached hydrogens (tertiary/aromatic N) is 2. The fraction of sp³-hybridized carbons (Fsp3) is 0.833. The molecule has 0 aromatic carbocycles. The zero-order valence-electron chi connectivity index (χ0n) is 6.89. The van der Waals surface area contributed by atoms with Crippen LogP contribution in [0.25, 0.3) is 0 Å². The Hall–Kier alpha value is -0.640. The number of rotatable bonds is 5. The fourth-order valence-corrected chi connectivity index (χ4v) is 1.53. The van der Waals surface area contributed by atoms with Gasteiger partial charge in [0.2, 0.25) is 10.0 Å². The predicted octanol–water partition coefficient (Wildman–Crippen LogP) is -0.846. The number of aliphatic hydroxyl groups is 1. The van der Waals surface area contributed by atoms with Crippen LogP contribution in [-0.4, -0.2) is 43.8 Å². The highest BCUT2D eigenvalue weighted by molar-refractivity contribution is 7.89. The molecular weight excluding hydrogens is 180 g/mol. The van der Waals surface area contributed by atoms with Crippen LogP contribution in [0, 0.1) is 11.3 Å². The van der Waals surface area contributed by atoms with Gasteiger partial charge in [-0.1, -0.05) is 0 Å². The smallest absolute Gasteiger partial charge is 0.216 e. The predicted molar refractivity (Wildman–Crippen MR) is 43.7 cm³/mol. The molecule has 0 rings (SSSR count). The minimum absolute atomic E-state index is 0.168. The highest BCUT2D eigenvalue weighted by atomic mass is 32.2. The average Bonchev–Trinajstić information content (AvgIpc) is 2.00. The maximum Gasteiger partial charge on any atom is 0.216 e. The summed E-state index contributed by atoms with van der Waals surface area (Å²) in [7, 11) is -1.96. The minimum atomic E-state index is -3.35. The highest BCUT2D eigenvalue weighted by Crippen LogP contribution is 1.97. The lowest BCUT2D eigenvalue weighted by atomic mass is 10.5. The van der Waals surface area contributed by atoms with Crippen molar-refractivity contribution in [2.45, 2.75) is 6.42 Å². The molecule has 0 heterocycles. The van der Waals surface area contributed by atoms with E-state index in [1.54, 1.807) is 0 Å². The van der Waals surface area contributed by atoms with Crippen LogP contribution in [0.5, 0.6) is 0 Å². The topological polar surface area (TPSA) is 81.4 Å². The first kappa shape index (κ1) is 11.4. The second-order valence-corrected chi connectivity index (χ2v) is 4.46. The fourth-order valence-electron chi connectivity index (χ4n) is 0.618. The molecule has 0 spiro atoms. The van der Waals surface area contributed by atoms with E-state index >= 15 is 0 Å². The molecular formula is C6H12N2O3S. The molecule has 0 unspecified atom stereocenters. The van der Waals surface area contributed by atoms with Crippen molar-refractivity contribution in [3.63, 3.8) is 0 Å². The molecule has 0 aromatic rings. The summed E-state index contributed by atoms with van der Waals surface area (Å²) < 4.78 is 23.3. The zero-order chi connectivity index (χ0) is 9.61. The number of aliphatic hydroxyl groups excluding tert-OH is 1. The first-order valence-corrected chi connectivity index (χ1v) is 5.07. The Morgan fingerprint density at radius 1 is 1.58 bits per heavy atom. The second-order valence-electron chi connectivity index (χ2n) is 2.27. The Kier molecular flexibility index (Phi) is 4.81. The van der Waals surface area contributed by atoms with Gasteiger partial charge in [0, 0.05) is 20.0 Å². The summed E-state index contributed by atoms with van der Waals surface area (Å²) in [5.41, 5.74) is 0. The molecule has 12 heavy (non-hydrogen) atoms. The van der Waals surface area contributed by atoms with Gasteiger partial charge < -0.3 is 5.11 Å². The van der Waals surface area contributed by atoms with Gasteiger partial charge in [-0.05, 0) is 0 Å². The van der Waals surface area contributed by atoms with Crippen molar-refractivity contribution < 1.29 is 13.5 Å². The average molecular weight is 192 g/mol. The van der Waals surface area contributed by atoms with Gasteiger partial charge in [-0.15, -0.1) is 0 Å². The Balaban J connectivity index is 4.09. The molecule has 0 saturated heterocycles. The van der Waals surface area contributed by atoms with Crippen molar-refractivity contribution in [1.29, 1.82) is 5.26 Å². The maximum absolute atomic E-state index is 11.1. The summed E-state index contributed by atoms with van der Waals surface area (Å²) >= 11 is 0. The number of hydrogen-bond acceptors (Lipinski definition) is 4. The lowest BCUT2D eigenvalue weighted by Crippen LogP contribution is -2.31. The number of hydrogen-bond donors (Lipinski definition) is 1. The van der Waals surface area contributed by atoms with E-state index in [-0.39, 0.29) is 25.3 Å². The Bertz CT molecular complexity index is 254. The summed E-state index contributed by atoms with van der Waals surface area (Å²) in [5.74, 6) is -0.283. The van der Waals surface area contributed by atoms with Crippen molar-refractivity contribution in [2.24, 2.45) is 0 Å². The van der Waals surface area contributed by atoms with Crippen LogP contribution in [-0.2, 0) is 10.0 Å². The van der Waals surface area contributed by atoms with Crippen molar-refractivity contribution in [3.8, 4) is 6.07 Å². The Morgan fingerprint density at radius 2 is 2.17 bits per heavy atom. The summed E-state index contributed by atoms with van der Waals surface area (Å²) in [4.78, 5) is 0. The van der Waals surface area contributed by atoms with E-state index in [2.05, 4.69) is 0 Å². The third-order valence-electron chi connectivity index (χ3n) is 1.36. The van der Waals surface area contributed by atoms with E-state index in [4.69, 9.17) is 10.4 Å². The quantitative estimate of drug-likeness (QED) is 0.615. The monoisotopic (exact) mass is 192 g/mol. The molecule has 6 heteroatoms. The van der Waals surface area contributed by atoms with Crippen LogP contribution < -0.4 is 0 Å². The van der Waals surface area contributed by atoms with Gasteiger partial charge in [0.15, 0.2) is 0 Å². The second kappa shape index (κ2) is 5.09. The van der Waals surface area contributed by atoms with E-state index in [1.807, 2.05) is 6.07 Å².